The van der Waals surface area contributed by atoms with Crippen LogP contribution in [0.25, 0.3) is 21.3 Å². The van der Waals surface area contributed by atoms with Crippen LogP contribution in [-0.4, -0.2) is 22.4 Å². The zero-order valence-electron chi connectivity index (χ0n) is 16.7. The molecule has 0 saturated heterocycles. The van der Waals surface area contributed by atoms with Gasteiger partial charge in [-0.2, -0.15) is 0 Å². The predicted octanol–water partition coefficient (Wildman–Crippen LogP) is 6.07. The smallest absolute Gasteiger partial charge is 0.226 e. The highest BCUT2D eigenvalue weighted by atomic mass is 35.5. The van der Waals surface area contributed by atoms with Crippen molar-refractivity contribution >= 4 is 50.6 Å². The van der Waals surface area contributed by atoms with Gasteiger partial charge in [-0.15, -0.1) is 11.3 Å². The van der Waals surface area contributed by atoms with Crippen molar-refractivity contribution in [1.82, 2.24) is 9.97 Å². The lowest BCUT2D eigenvalue weighted by Crippen LogP contribution is -2.17. The van der Waals surface area contributed by atoms with Crippen molar-refractivity contribution in [2.24, 2.45) is 0 Å². The lowest BCUT2D eigenvalue weighted by atomic mass is 10.0. The number of amides is 1. The van der Waals surface area contributed by atoms with E-state index in [2.05, 4.69) is 58.7 Å². The van der Waals surface area contributed by atoms with Crippen molar-refractivity contribution in [1.29, 1.82) is 0 Å². The van der Waals surface area contributed by atoms with E-state index in [-0.39, 0.29) is 5.91 Å². The molecule has 1 amide bonds. The topological polar surface area (TPSA) is 66.9 Å². The molecule has 4 aromatic rings. The summed E-state index contributed by atoms with van der Waals surface area (Å²) < 4.78 is 0. The minimum atomic E-state index is -0.110. The third-order valence-corrected chi connectivity index (χ3v) is 6.14. The van der Waals surface area contributed by atoms with Crippen LogP contribution in [0.1, 0.15) is 16.9 Å². The highest BCUT2D eigenvalue weighted by Gasteiger charge is 2.17. The number of nitrogens with one attached hydrogen (secondary N) is 2. The summed E-state index contributed by atoms with van der Waals surface area (Å²) >= 11 is 7.76. The molecule has 4 rings (SSSR count). The number of aromatic nitrogens is 2. The van der Waals surface area contributed by atoms with Gasteiger partial charge in [0.2, 0.25) is 5.91 Å². The van der Waals surface area contributed by atoms with Crippen molar-refractivity contribution in [3.05, 3.63) is 70.3 Å². The van der Waals surface area contributed by atoms with E-state index >= 15 is 0 Å². The molecule has 152 valence electrons. The Kier molecular flexibility index (Phi) is 5.97. The van der Waals surface area contributed by atoms with Gasteiger partial charge < -0.3 is 10.6 Å². The monoisotopic (exact) mass is 436 g/mol. The molecule has 0 atom stereocenters. The number of halogens is 1. The standard InChI is InChI=1S/C23H21ClN4OS/c1-14-7-9-16(10-8-14)20-15(2)30-23-21(20)22(26-13-27-23)25-12-11-19(29)28-18-6-4-3-5-17(18)24/h3-10,13H,11-12H2,1-2H3,(H,28,29)(H,25,26,27). The summed E-state index contributed by atoms with van der Waals surface area (Å²) in [6.45, 7) is 4.62. The largest absolute Gasteiger partial charge is 0.369 e. The Morgan fingerprint density at radius 3 is 2.60 bits per heavy atom. The van der Waals surface area contributed by atoms with Crippen molar-refractivity contribution in [2.45, 2.75) is 20.3 Å². The molecule has 0 radical (unpaired) electrons. The number of aryl methyl sites for hydroxylation is 2. The fraction of sp³-hybridized carbons (Fsp3) is 0.174. The molecule has 0 saturated carbocycles. The molecule has 0 unspecified atom stereocenters. The maximum Gasteiger partial charge on any atom is 0.226 e. The minimum absolute atomic E-state index is 0.110. The highest BCUT2D eigenvalue weighted by molar-refractivity contribution is 7.19. The Hall–Kier alpha value is -2.96. The molecule has 7 heteroatoms. The third-order valence-electron chi connectivity index (χ3n) is 4.80. The molecule has 2 N–H and O–H groups in total. The molecule has 5 nitrogen and oxygen atoms in total. The fourth-order valence-electron chi connectivity index (χ4n) is 3.32. The van der Waals surface area contributed by atoms with E-state index < -0.39 is 0 Å². The third kappa shape index (κ3) is 4.30. The first-order chi connectivity index (χ1) is 14.5. The van der Waals surface area contributed by atoms with E-state index in [4.69, 9.17) is 11.6 Å². The first kappa shape index (κ1) is 20.3. The molecule has 0 spiro atoms. The second-order valence-corrected chi connectivity index (χ2v) is 8.62. The number of hydrogen-bond donors (Lipinski definition) is 2. The molecule has 0 aliphatic carbocycles. The van der Waals surface area contributed by atoms with E-state index in [0.717, 1.165) is 27.2 Å². The molecular weight excluding hydrogens is 416 g/mol. The second-order valence-electron chi connectivity index (χ2n) is 7.01. The number of nitrogens with zero attached hydrogens (tertiary/aromatic N) is 2. The van der Waals surface area contributed by atoms with Crippen molar-refractivity contribution < 1.29 is 4.79 Å². The summed E-state index contributed by atoms with van der Waals surface area (Å²) in [5.41, 5.74) is 4.11. The van der Waals surface area contributed by atoms with E-state index in [1.54, 1.807) is 29.8 Å². The average molecular weight is 437 g/mol. The summed E-state index contributed by atoms with van der Waals surface area (Å²) in [6.07, 6.45) is 1.85. The first-order valence-corrected chi connectivity index (χ1v) is 10.8. The number of thiophene rings is 1. The number of rotatable bonds is 6. The fourth-order valence-corrected chi connectivity index (χ4v) is 4.51. The molecule has 0 fully saturated rings. The normalized spacial score (nSPS) is 10.9. The summed E-state index contributed by atoms with van der Waals surface area (Å²) in [7, 11) is 0. The first-order valence-electron chi connectivity index (χ1n) is 9.62. The predicted molar refractivity (Wildman–Crippen MR) is 126 cm³/mol. The number of carbonyl (C=O) groups is 1. The van der Waals surface area contributed by atoms with E-state index in [1.807, 2.05) is 12.1 Å². The van der Waals surface area contributed by atoms with Crippen molar-refractivity contribution in [3.63, 3.8) is 0 Å². The molecule has 2 aromatic carbocycles. The molecule has 0 bridgehead atoms. The van der Waals surface area contributed by atoms with Gasteiger partial charge in [0.1, 0.15) is 17.0 Å². The maximum atomic E-state index is 12.3. The van der Waals surface area contributed by atoms with Crippen LogP contribution in [0, 0.1) is 13.8 Å². The minimum Gasteiger partial charge on any atom is -0.369 e. The van der Waals surface area contributed by atoms with Gasteiger partial charge in [-0.1, -0.05) is 53.6 Å². The molecule has 2 heterocycles. The zero-order valence-corrected chi connectivity index (χ0v) is 18.3. The van der Waals surface area contributed by atoms with Gasteiger partial charge in [-0.25, -0.2) is 9.97 Å². The van der Waals surface area contributed by atoms with Gasteiger partial charge in [0.25, 0.3) is 0 Å². The quantitative estimate of drug-likeness (QED) is 0.385. The van der Waals surface area contributed by atoms with Gasteiger partial charge in [0.05, 0.1) is 16.1 Å². The lowest BCUT2D eigenvalue weighted by molar-refractivity contribution is -0.115. The Morgan fingerprint density at radius 2 is 1.83 bits per heavy atom. The van der Waals surface area contributed by atoms with Crippen molar-refractivity contribution in [3.8, 4) is 11.1 Å². The highest BCUT2D eigenvalue weighted by Crippen LogP contribution is 2.40. The van der Waals surface area contributed by atoms with Gasteiger partial charge >= 0.3 is 0 Å². The van der Waals surface area contributed by atoms with Crippen LogP contribution < -0.4 is 10.6 Å². The Balaban J connectivity index is 1.52. The van der Waals surface area contributed by atoms with Crippen LogP contribution in [-0.2, 0) is 4.79 Å². The number of para-hydroxylation sites is 1. The number of hydrogen-bond acceptors (Lipinski definition) is 5. The van der Waals surface area contributed by atoms with Crippen LogP contribution in [0.2, 0.25) is 5.02 Å². The van der Waals surface area contributed by atoms with Gasteiger partial charge in [-0.05, 0) is 31.5 Å². The zero-order chi connectivity index (χ0) is 21.1. The summed E-state index contributed by atoms with van der Waals surface area (Å²) in [6, 6.07) is 15.6. The van der Waals surface area contributed by atoms with Crippen LogP contribution in [0.3, 0.4) is 0 Å². The molecule has 30 heavy (non-hydrogen) atoms. The Bertz CT molecular complexity index is 1200. The van der Waals surface area contributed by atoms with Crippen LogP contribution in [0.5, 0.6) is 0 Å². The summed E-state index contributed by atoms with van der Waals surface area (Å²) in [4.78, 5) is 23.3. The van der Waals surface area contributed by atoms with Gasteiger partial charge in [0, 0.05) is 23.4 Å². The second kappa shape index (κ2) is 8.81. The number of benzene rings is 2. The van der Waals surface area contributed by atoms with E-state index in [9.17, 15) is 4.79 Å². The Labute approximate surface area is 184 Å². The average Bonchev–Trinajstić information content (AvgIpc) is 3.07. The van der Waals surface area contributed by atoms with Crippen LogP contribution >= 0.6 is 22.9 Å². The summed E-state index contributed by atoms with van der Waals surface area (Å²) in [5, 5.41) is 7.67. The van der Waals surface area contributed by atoms with Crippen LogP contribution in [0.4, 0.5) is 11.5 Å². The van der Waals surface area contributed by atoms with Gasteiger partial charge in [-0.3, -0.25) is 4.79 Å². The molecular formula is C23H21ClN4OS. The summed E-state index contributed by atoms with van der Waals surface area (Å²) in [5.74, 6) is 0.631. The molecule has 0 aliphatic rings. The van der Waals surface area contributed by atoms with E-state index in [1.165, 1.54) is 10.4 Å². The number of anilines is 2. The van der Waals surface area contributed by atoms with Gasteiger partial charge in [0.15, 0.2) is 0 Å². The number of fused-ring (bicyclic) bond motifs is 1. The maximum absolute atomic E-state index is 12.3. The number of carbonyl (C=O) groups excluding carboxylic acids is 1. The Morgan fingerprint density at radius 1 is 1.07 bits per heavy atom. The molecule has 0 aliphatic heterocycles. The van der Waals surface area contributed by atoms with Crippen LogP contribution in [0.15, 0.2) is 54.9 Å². The lowest BCUT2D eigenvalue weighted by Gasteiger charge is -2.10. The van der Waals surface area contributed by atoms with Crippen molar-refractivity contribution in [2.75, 3.05) is 17.2 Å². The van der Waals surface area contributed by atoms with E-state index in [0.29, 0.717) is 23.7 Å². The molecule has 2 aromatic heterocycles. The SMILES string of the molecule is Cc1ccc(-c2c(C)sc3ncnc(NCCC(=O)Nc4ccccc4Cl)c23)cc1.